The van der Waals surface area contributed by atoms with Crippen molar-refractivity contribution in [3.05, 3.63) is 19.9 Å². The minimum absolute atomic E-state index is 0.196. The van der Waals surface area contributed by atoms with Gasteiger partial charge >= 0.3 is 0 Å². The molecule has 2 nitrogen and oxygen atoms in total. The van der Waals surface area contributed by atoms with Gasteiger partial charge in [0.05, 0.1) is 8.45 Å². The van der Waals surface area contributed by atoms with Gasteiger partial charge in [0.2, 0.25) is 0 Å². The Morgan fingerprint density at radius 1 is 1.67 bits per heavy atom. The van der Waals surface area contributed by atoms with Crippen molar-refractivity contribution in [2.45, 2.75) is 12.2 Å². The van der Waals surface area contributed by atoms with E-state index in [1.807, 2.05) is 28.1 Å². The first-order valence-electron chi connectivity index (χ1n) is 4.81. The Morgan fingerprint density at radius 2 is 2.47 bits per heavy atom. The lowest BCUT2D eigenvalue weighted by atomic mass is 10.2. The van der Waals surface area contributed by atoms with Crippen LogP contribution in [0.2, 0.25) is 0 Å². The predicted molar refractivity (Wildman–Crippen MR) is 74.9 cm³/mol. The molecule has 1 aromatic rings. The minimum atomic E-state index is 0.196. The van der Waals surface area contributed by atoms with E-state index < -0.39 is 0 Å². The van der Waals surface area contributed by atoms with E-state index in [0.717, 1.165) is 24.4 Å². The van der Waals surface area contributed by atoms with Gasteiger partial charge in [0.1, 0.15) is 0 Å². The second-order valence-corrected chi connectivity index (χ2v) is 7.92. The third-order valence-electron chi connectivity index (χ3n) is 2.34. The van der Waals surface area contributed by atoms with Gasteiger partial charge in [-0.1, -0.05) is 6.92 Å². The number of carbonyl (C=O) groups excluding carboxylic acids is 1. The van der Waals surface area contributed by atoms with Gasteiger partial charge in [0.25, 0.3) is 5.91 Å². The maximum absolute atomic E-state index is 12.1. The van der Waals surface area contributed by atoms with Gasteiger partial charge in [-0.05, 0) is 28.7 Å². The fraction of sp³-hybridized carbons (Fsp3) is 0.500. The average Bonchev–Trinajstić information content (AvgIpc) is 2.64. The third-order valence-corrected chi connectivity index (χ3v) is 5.27. The van der Waals surface area contributed by atoms with Gasteiger partial charge in [0, 0.05) is 29.5 Å². The molecule has 5 heteroatoms. The molecule has 82 valence electrons. The van der Waals surface area contributed by atoms with Crippen LogP contribution in [0.25, 0.3) is 0 Å². The summed E-state index contributed by atoms with van der Waals surface area (Å²) in [6.45, 7) is 3.96. The molecule has 0 spiro atoms. The average molecular weight is 353 g/mol. The number of amides is 1. The molecule has 0 aliphatic carbocycles. The monoisotopic (exact) mass is 353 g/mol. The first-order chi connectivity index (χ1) is 7.16. The lowest BCUT2D eigenvalue weighted by Crippen LogP contribution is -2.40. The Morgan fingerprint density at radius 3 is 3.07 bits per heavy atom. The summed E-state index contributed by atoms with van der Waals surface area (Å²) in [4.78, 5) is 14.1. The first-order valence-corrected chi connectivity index (χ1v) is 7.82. The van der Waals surface area contributed by atoms with Crippen LogP contribution in [-0.4, -0.2) is 34.9 Å². The summed E-state index contributed by atoms with van der Waals surface area (Å²) >= 11 is 5.83. The largest absolute Gasteiger partial charge is 0.337 e. The molecule has 0 aromatic carbocycles. The van der Waals surface area contributed by atoms with E-state index in [2.05, 4.69) is 29.5 Å². The van der Waals surface area contributed by atoms with Crippen LogP contribution < -0.4 is 0 Å². The highest BCUT2D eigenvalue weighted by molar-refractivity contribution is 14.1. The summed E-state index contributed by atoms with van der Waals surface area (Å²) in [5.74, 6) is 1.26. The SMILES string of the molecule is CC1CN(C(=O)c2csc(I)c2)CCS1. The standard InChI is InChI=1S/C10H12INOS2/c1-7-5-12(2-3-14-7)10(13)8-4-9(11)15-6-8/h4,6-7H,2-3,5H2,1H3. The van der Waals surface area contributed by atoms with Crippen LogP contribution in [0.3, 0.4) is 0 Å². The number of thioether (sulfide) groups is 1. The quantitative estimate of drug-likeness (QED) is 0.724. The number of nitrogens with zero attached hydrogens (tertiary/aromatic N) is 1. The Hall–Kier alpha value is 0.250. The van der Waals surface area contributed by atoms with Crippen LogP contribution in [0, 0.1) is 2.88 Å². The lowest BCUT2D eigenvalue weighted by Gasteiger charge is -2.30. The van der Waals surface area contributed by atoms with Gasteiger partial charge < -0.3 is 4.90 Å². The van der Waals surface area contributed by atoms with Crippen LogP contribution in [0.15, 0.2) is 11.4 Å². The molecular weight excluding hydrogens is 341 g/mol. The van der Waals surface area contributed by atoms with Crippen molar-refractivity contribution in [2.75, 3.05) is 18.8 Å². The maximum atomic E-state index is 12.1. The maximum Gasteiger partial charge on any atom is 0.254 e. The van der Waals surface area contributed by atoms with Crippen LogP contribution >= 0.6 is 45.7 Å². The van der Waals surface area contributed by atoms with E-state index in [0.29, 0.717) is 5.25 Å². The Kier molecular flexibility index (Phi) is 3.95. The fourth-order valence-electron chi connectivity index (χ4n) is 1.61. The van der Waals surface area contributed by atoms with E-state index in [9.17, 15) is 4.79 Å². The Balaban J connectivity index is 2.07. The third kappa shape index (κ3) is 2.88. The molecule has 0 bridgehead atoms. The second kappa shape index (κ2) is 5.05. The zero-order valence-corrected chi connectivity index (χ0v) is 12.2. The predicted octanol–water partition coefficient (Wildman–Crippen LogP) is 2.93. The van der Waals surface area contributed by atoms with Crippen LogP contribution in [0.1, 0.15) is 17.3 Å². The Labute approximate surface area is 112 Å². The van der Waals surface area contributed by atoms with Crippen molar-refractivity contribution >= 4 is 51.6 Å². The van der Waals surface area contributed by atoms with Crippen molar-refractivity contribution < 1.29 is 4.79 Å². The van der Waals surface area contributed by atoms with Gasteiger partial charge in [-0.2, -0.15) is 11.8 Å². The molecule has 2 rings (SSSR count). The molecule has 1 saturated heterocycles. The van der Waals surface area contributed by atoms with Crippen molar-refractivity contribution in [1.29, 1.82) is 0 Å². The van der Waals surface area contributed by atoms with E-state index in [1.165, 1.54) is 2.88 Å². The van der Waals surface area contributed by atoms with Crippen molar-refractivity contribution in [2.24, 2.45) is 0 Å². The number of carbonyl (C=O) groups is 1. The molecule has 1 aliphatic rings. The molecule has 15 heavy (non-hydrogen) atoms. The molecule has 1 atom stereocenters. The zero-order valence-electron chi connectivity index (χ0n) is 8.40. The number of hydrogen-bond donors (Lipinski definition) is 0. The smallest absolute Gasteiger partial charge is 0.254 e. The van der Waals surface area contributed by atoms with Crippen LogP contribution in [-0.2, 0) is 0 Å². The Bertz CT molecular complexity index is 366. The molecule has 1 aromatic heterocycles. The van der Waals surface area contributed by atoms with E-state index in [4.69, 9.17) is 0 Å². The zero-order chi connectivity index (χ0) is 10.8. The van der Waals surface area contributed by atoms with Gasteiger partial charge in [-0.25, -0.2) is 0 Å². The van der Waals surface area contributed by atoms with Gasteiger partial charge in [0.15, 0.2) is 0 Å². The summed E-state index contributed by atoms with van der Waals surface area (Å²) in [5, 5.41) is 2.52. The molecule has 1 amide bonds. The number of thiophene rings is 1. The van der Waals surface area contributed by atoms with Crippen molar-refractivity contribution in [1.82, 2.24) is 4.90 Å². The molecule has 1 fully saturated rings. The second-order valence-electron chi connectivity index (χ2n) is 3.57. The molecule has 1 unspecified atom stereocenters. The number of halogens is 1. The van der Waals surface area contributed by atoms with Crippen molar-refractivity contribution in [3.63, 3.8) is 0 Å². The molecular formula is C10H12INOS2. The van der Waals surface area contributed by atoms with E-state index in [-0.39, 0.29) is 5.91 Å². The molecule has 2 heterocycles. The summed E-state index contributed by atoms with van der Waals surface area (Å²) < 4.78 is 1.18. The highest BCUT2D eigenvalue weighted by atomic mass is 127. The summed E-state index contributed by atoms with van der Waals surface area (Å²) in [7, 11) is 0. The molecule has 0 N–H and O–H groups in total. The highest BCUT2D eigenvalue weighted by Crippen LogP contribution is 2.22. The molecule has 0 saturated carbocycles. The van der Waals surface area contributed by atoms with Crippen LogP contribution in [0.5, 0.6) is 0 Å². The van der Waals surface area contributed by atoms with E-state index >= 15 is 0 Å². The fourth-order valence-corrected chi connectivity index (χ4v) is 3.94. The summed E-state index contributed by atoms with van der Waals surface area (Å²) in [6.07, 6.45) is 0. The normalized spacial score (nSPS) is 21.7. The molecule has 0 radical (unpaired) electrons. The molecule has 1 aliphatic heterocycles. The van der Waals surface area contributed by atoms with Crippen LogP contribution in [0.4, 0.5) is 0 Å². The topological polar surface area (TPSA) is 20.3 Å². The number of hydrogen-bond acceptors (Lipinski definition) is 3. The van der Waals surface area contributed by atoms with Gasteiger partial charge in [-0.3, -0.25) is 4.79 Å². The summed E-state index contributed by atoms with van der Waals surface area (Å²) in [6, 6.07) is 1.97. The minimum Gasteiger partial charge on any atom is -0.337 e. The number of rotatable bonds is 1. The first kappa shape index (κ1) is 11.7. The van der Waals surface area contributed by atoms with Crippen molar-refractivity contribution in [3.8, 4) is 0 Å². The van der Waals surface area contributed by atoms with Gasteiger partial charge in [-0.15, -0.1) is 11.3 Å². The lowest BCUT2D eigenvalue weighted by molar-refractivity contribution is 0.0763. The highest BCUT2D eigenvalue weighted by Gasteiger charge is 2.22. The summed E-state index contributed by atoms with van der Waals surface area (Å²) in [5.41, 5.74) is 0.850. The van der Waals surface area contributed by atoms with E-state index in [1.54, 1.807) is 11.3 Å².